The lowest BCUT2D eigenvalue weighted by atomic mass is 9.99. The van der Waals surface area contributed by atoms with Gasteiger partial charge in [0.25, 0.3) is 0 Å². The Balaban J connectivity index is 2.35. The summed E-state index contributed by atoms with van der Waals surface area (Å²) in [5.74, 6) is 1.57. The molecular formula is C18H28O2. The Morgan fingerprint density at radius 3 is 2.60 bits per heavy atom. The number of aryl methyl sites for hydroxylation is 1. The SMILES string of the molecule is CCOc1cccc(CCCCCC(=O)C(C)C)c1C. The fourth-order valence-electron chi connectivity index (χ4n) is 2.32. The minimum absolute atomic E-state index is 0.181. The van der Waals surface area contributed by atoms with Crippen LogP contribution in [0.25, 0.3) is 0 Å². The first kappa shape index (κ1) is 16.7. The Kier molecular flexibility index (Phi) is 7.35. The van der Waals surface area contributed by atoms with Crippen LogP contribution in [-0.2, 0) is 11.2 Å². The van der Waals surface area contributed by atoms with E-state index < -0.39 is 0 Å². The van der Waals surface area contributed by atoms with Gasteiger partial charge in [0.2, 0.25) is 0 Å². The average Bonchev–Trinajstić information content (AvgIpc) is 2.42. The summed E-state index contributed by atoms with van der Waals surface area (Å²) in [4.78, 5) is 11.5. The van der Waals surface area contributed by atoms with Crippen molar-refractivity contribution in [1.29, 1.82) is 0 Å². The molecule has 1 aromatic carbocycles. The molecule has 0 fully saturated rings. The first-order valence-electron chi connectivity index (χ1n) is 7.80. The van der Waals surface area contributed by atoms with Gasteiger partial charge in [-0.1, -0.05) is 32.4 Å². The van der Waals surface area contributed by atoms with Gasteiger partial charge in [0.15, 0.2) is 0 Å². The number of Topliss-reactive ketones (excluding diaryl/α,β-unsaturated/α-hetero) is 1. The maximum Gasteiger partial charge on any atom is 0.135 e. The standard InChI is InChI=1S/C18H28O2/c1-5-20-18-13-9-11-16(15(18)4)10-7-6-8-12-17(19)14(2)3/h9,11,13-14H,5-8,10,12H2,1-4H3. The maximum absolute atomic E-state index is 11.5. The summed E-state index contributed by atoms with van der Waals surface area (Å²) < 4.78 is 5.62. The smallest absolute Gasteiger partial charge is 0.135 e. The zero-order valence-corrected chi connectivity index (χ0v) is 13.4. The summed E-state index contributed by atoms with van der Waals surface area (Å²) in [6, 6.07) is 6.27. The van der Waals surface area contributed by atoms with Gasteiger partial charge < -0.3 is 4.74 Å². The van der Waals surface area contributed by atoms with Gasteiger partial charge in [-0.05, 0) is 50.3 Å². The van der Waals surface area contributed by atoms with Crippen LogP contribution in [0.4, 0.5) is 0 Å². The van der Waals surface area contributed by atoms with Crippen molar-refractivity contribution in [3.63, 3.8) is 0 Å². The predicted molar refractivity (Wildman–Crippen MR) is 84.4 cm³/mol. The van der Waals surface area contributed by atoms with Gasteiger partial charge in [0.05, 0.1) is 6.61 Å². The second-order valence-corrected chi connectivity index (χ2v) is 5.65. The van der Waals surface area contributed by atoms with Crippen LogP contribution in [0, 0.1) is 12.8 Å². The third-order valence-corrected chi connectivity index (χ3v) is 3.71. The number of rotatable bonds is 9. The molecule has 0 radical (unpaired) electrons. The van der Waals surface area contributed by atoms with Crippen LogP contribution in [0.5, 0.6) is 5.75 Å². The highest BCUT2D eigenvalue weighted by Gasteiger charge is 2.07. The summed E-state index contributed by atoms with van der Waals surface area (Å²) in [5.41, 5.74) is 2.62. The molecule has 112 valence electrons. The average molecular weight is 276 g/mol. The van der Waals surface area contributed by atoms with Gasteiger partial charge in [0, 0.05) is 12.3 Å². The normalized spacial score (nSPS) is 10.8. The highest BCUT2D eigenvalue weighted by Crippen LogP contribution is 2.23. The van der Waals surface area contributed by atoms with Crippen molar-refractivity contribution in [2.75, 3.05) is 6.61 Å². The fraction of sp³-hybridized carbons (Fsp3) is 0.611. The Labute approximate surface area is 123 Å². The summed E-state index contributed by atoms with van der Waals surface area (Å²) in [6.45, 7) is 8.80. The Morgan fingerprint density at radius 2 is 1.95 bits per heavy atom. The molecule has 0 N–H and O–H groups in total. The summed E-state index contributed by atoms with van der Waals surface area (Å²) in [7, 11) is 0. The summed E-state index contributed by atoms with van der Waals surface area (Å²) >= 11 is 0. The largest absolute Gasteiger partial charge is 0.494 e. The van der Waals surface area contributed by atoms with Crippen LogP contribution in [0.2, 0.25) is 0 Å². The summed E-state index contributed by atoms with van der Waals surface area (Å²) in [5, 5.41) is 0. The van der Waals surface area contributed by atoms with Crippen molar-refractivity contribution >= 4 is 5.78 Å². The quantitative estimate of drug-likeness (QED) is 0.610. The zero-order chi connectivity index (χ0) is 15.0. The van der Waals surface area contributed by atoms with Gasteiger partial charge in [0.1, 0.15) is 11.5 Å². The Bertz CT molecular complexity index is 421. The molecule has 1 rings (SSSR count). The van der Waals surface area contributed by atoms with Crippen molar-refractivity contribution in [2.45, 2.75) is 59.8 Å². The van der Waals surface area contributed by atoms with E-state index in [4.69, 9.17) is 4.74 Å². The molecule has 2 nitrogen and oxygen atoms in total. The van der Waals surface area contributed by atoms with E-state index in [0.717, 1.165) is 37.9 Å². The third kappa shape index (κ3) is 5.36. The van der Waals surface area contributed by atoms with Crippen molar-refractivity contribution in [3.8, 4) is 5.75 Å². The number of ether oxygens (including phenoxy) is 1. The lowest BCUT2D eigenvalue weighted by Gasteiger charge is -2.11. The predicted octanol–water partition coefficient (Wildman–Crippen LogP) is 4.72. The van der Waals surface area contributed by atoms with Gasteiger partial charge >= 0.3 is 0 Å². The molecule has 2 heteroatoms. The lowest BCUT2D eigenvalue weighted by molar-refractivity contribution is -0.122. The molecule has 0 aliphatic heterocycles. The number of carbonyl (C=O) groups is 1. The van der Waals surface area contributed by atoms with E-state index in [-0.39, 0.29) is 5.92 Å². The van der Waals surface area contributed by atoms with Crippen molar-refractivity contribution < 1.29 is 9.53 Å². The van der Waals surface area contributed by atoms with Crippen LogP contribution >= 0.6 is 0 Å². The molecule has 0 aliphatic carbocycles. The number of carbonyl (C=O) groups excluding carboxylic acids is 1. The minimum Gasteiger partial charge on any atom is -0.494 e. The second-order valence-electron chi connectivity index (χ2n) is 5.65. The van der Waals surface area contributed by atoms with Gasteiger partial charge in [-0.25, -0.2) is 0 Å². The van der Waals surface area contributed by atoms with Gasteiger partial charge in [-0.15, -0.1) is 0 Å². The van der Waals surface area contributed by atoms with Crippen LogP contribution in [0.3, 0.4) is 0 Å². The zero-order valence-electron chi connectivity index (χ0n) is 13.4. The first-order chi connectivity index (χ1) is 9.56. The monoisotopic (exact) mass is 276 g/mol. The Morgan fingerprint density at radius 1 is 1.20 bits per heavy atom. The minimum atomic E-state index is 0.181. The number of ketones is 1. The van der Waals surface area contributed by atoms with E-state index in [1.54, 1.807) is 0 Å². The summed E-state index contributed by atoms with van der Waals surface area (Å²) in [6.07, 6.45) is 5.08. The van der Waals surface area contributed by atoms with Crippen LogP contribution in [0.1, 0.15) is 57.6 Å². The molecule has 0 heterocycles. The fourth-order valence-corrected chi connectivity index (χ4v) is 2.32. The second kappa shape index (κ2) is 8.78. The molecule has 0 spiro atoms. The van der Waals surface area contributed by atoms with E-state index in [9.17, 15) is 4.79 Å². The van der Waals surface area contributed by atoms with E-state index in [2.05, 4.69) is 19.1 Å². The number of benzene rings is 1. The van der Waals surface area contributed by atoms with Crippen LogP contribution in [-0.4, -0.2) is 12.4 Å². The molecule has 1 aromatic rings. The molecule has 0 saturated carbocycles. The molecule has 0 amide bonds. The Hall–Kier alpha value is -1.31. The van der Waals surface area contributed by atoms with E-state index >= 15 is 0 Å². The molecule has 20 heavy (non-hydrogen) atoms. The third-order valence-electron chi connectivity index (χ3n) is 3.71. The molecule has 0 unspecified atom stereocenters. The molecule has 0 saturated heterocycles. The molecule has 0 aromatic heterocycles. The lowest BCUT2D eigenvalue weighted by Crippen LogP contribution is -2.06. The van der Waals surface area contributed by atoms with Crippen LogP contribution < -0.4 is 4.74 Å². The van der Waals surface area contributed by atoms with Crippen molar-refractivity contribution in [1.82, 2.24) is 0 Å². The highest BCUT2D eigenvalue weighted by atomic mass is 16.5. The molecule has 0 bridgehead atoms. The van der Waals surface area contributed by atoms with Crippen LogP contribution in [0.15, 0.2) is 18.2 Å². The van der Waals surface area contributed by atoms with E-state index in [1.807, 2.05) is 26.8 Å². The molecular weight excluding hydrogens is 248 g/mol. The van der Waals surface area contributed by atoms with Crippen molar-refractivity contribution in [3.05, 3.63) is 29.3 Å². The van der Waals surface area contributed by atoms with E-state index in [1.165, 1.54) is 11.1 Å². The molecule has 0 aliphatic rings. The number of unbranched alkanes of at least 4 members (excludes halogenated alkanes) is 2. The van der Waals surface area contributed by atoms with Gasteiger partial charge in [-0.3, -0.25) is 4.79 Å². The maximum atomic E-state index is 11.5. The van der Waals surface area contributed by atoms with Crippen molar-refractivity contribution in [2.24, 2.45) is 5.92 Å². The first-order valence-corrected chi connectivity index (χ1v) is 7.80. The van der Waals surface area contributed by atoms with E-state index in [0.29, 0.717) is 12.4 Å². The molecule has 0 atom stereocenters. The number of hydrogen-bond acceptors (Lipinski definition) is 2. The number of hydrogen-bond donors (Lipinski definition) is 0. The van der Waals surface area contributed by atoms with Gasteiger partial charge in [-0.2, -0.15) is 0 Å². The highest BCUT2D eigenvalue weighted by molar-refractivity contribution is 5.80. The topological polar surface area (TPSA) is 26.3 Å².